The Morgan fingerprint density at radius 1 is 1.35 bits per heavy atom. The van der Waals surface area contributed by atoms with Crippen LogP contribution in [0.15, 0.2) is 0 Å². The van der Waals surface area contributed by atoms with Gasteiger partial charge in [0.1, 0.15) is 0 Å². The van der Waals surface area contributed by atoms with Crippen molar-refractivity contribution in [1.29, 1.82) is 0 Å². The van der Waals surface area contributed by atoms with Gasteiger partial charge in [0.2, 0.25) is 5.91 Å². The number of ether oxygens (including phenoxy) is 1. The van der Waals surface area contributed by atoms with Crippen LogP contribution in [0.3, 0.4) is 0 Å². The molecule has 2 fully saturated rings. The first-order valence-electron chi connectivity index (χ1n) is 6.85. The summed E-state index contributed by atoms with van der Waals surface area (Å²) in [5.41, 5.74) is 0. The lowest BCUT2D eigenvalue weighted by molar-refractivity contribution is -0.136. The maximum absolute atomic E-state index is 12.1. The van der Waals surface area contributed by atoms with Gasteiger partial charge >= 0.3 is 0 Å². The molecular weight excluding hydrogens is 216 g/mol. The van der Waals surface area contributed by atoms with Crippen molar-refractivity contribution in [2.24, 2.45) is 0 Å². The largest absolute Gasteiger partial charge is 0.378 e. The Labute approximate surface area is 104 Å². The van der Waals surface area contributed by atoms with Crippen molar-refractivity contribution in [1.82, 2.24) is 10.2 Å². The smallest absolute Gasteiger partial charge is 0.225 e. The number of carbonyl (C=O) groups is 1. The predicted octanol–water partition coefficient (Wildman–Crippen LogP) is 1.16. The second-order valence-electron chi connectivity index (χ2n) is 5.20. The van der Waals surface area contributed by atoms with Crippen LogP contribution in [-0.2, 0) is 9.53 Å². The van der Waals surface area contributed by atoms with Crippen molar-refractivity contribution in [3.05, 3.63) is 0 Å². The molecule has 17 heavy (non-hydrogen) atoms. The normalized spacial score (nSPS) is 29.9. The third kappa shape index (κ3) is 3.68. The minimum Gasteiger partial charge on any atom is -0.378 e. The van der Waals surface area contributed by atoms with Gasteiger partial charge in [0.05, 0.1) is 12.5 Å². The third-order valence-electron chi connectivity index (χ3n) is 3.89. The molecule has 98 valence electrons. The van der Waals surface area contributed by atoms with Crippen LogP contribution in [0.5, 0.6) is 0 Å². The second-order valence-corrected chi connectivity index (χ2v) is 5.20. The molecule has 0 radical (unpaired) electrons. The minimum absolute atomic E-state index is 0.162. The topological polar surface area (TPSA) is 41.6 Å². The fourth-order valence-electron chi connectivity index (χ4n) is 2.67. The first-order valence-corrected chi connectivity index (χ1v) is 6.85. The highest BCUT2D eigenvalue weighted by Gasteiger charge is 2.25. The van der Waals surface area contributed by atoms with Crippen molar-refractivity contribution in [3.63, 3.8) is 0 Å². The SMILES string of the molecule is CN(C(=O)CC1CCCCO1)C1CCCNC1. The van der Waals surface area contributed by atoms with Crippen molar-refractivity contribution in [3.8, 4) is 0 Å². The lowest BCUT2D eigenvalue weighted by atomic mass is 10.0. The highest BCUT2D eigenvalue weighted by Crippen LogP contribution is 2.18. The van der Waals surface area contributed by atoms with Crippen molar-refractivity contribution >= 4 is 5.91 Å². The average Bonchev–Trinajstić information content (AvgIpc) is 2.40. The van der Waals surface area contributed by atoms with E-state index in [4.69, 9.17) is 4.74 Å². The maximum Gasteiger partial charge on any atom is 0.225 e. The number of carbonyl (C=O) groups excluding carboxylic acids is 1. The molecule has 2 saturated heterocycles. The van der Waals surface area contributed by atoms with E-state index in [1.54, 1.807) is 0 Å². The van der Waals surface area contributed by atoms with Gasteiger partial charge in [0.25, 0.3) is 0 Å². The number of amides is 1. The fourth-order valence-corrected chi connectivity index (χ4v) is 2.67. The lowest BCUT2D eigenvalue weighted by Gasteiger charge is -2.33. The van der Waals surface area contributed by atoms with E-state index in [-0.39, 0.29) is 12.0 Å². The highest BCUT2D eigenvalue weighted by molar-refractivity contribution is 5.76. The van der Waals surface area contributed by atoms with E-state index >= 15 is 0 Å². The lowest BCUT2D eigenvalue weighted by Crippen LogP contribution is -2.47. The van der Waals surface area contributed by atoms with E-state index in [9.17, 15) is 4.79 Å². The Morgan fingerprint density at radius 2 is 2.24 bits per heavy atom. The standard InChI is InChI=1S/C13H24N2O2/c1-15(11-5-4-7-14-10-11)13(16)9-12-6-2-3-8-17-12/h11-12,14H,2-10H2,1H3. The van der Waals surface area contributed by atoms with E-state index in [2.05, 4.69) is 5.32 Å². The van der Waals surface area contributed by atoms with Crippen LogP contribution in [0.4, 0.5) is 0 Å². The summed E-state index contributed by atoms with van der Waals surface area (Å²) >= 11 is 0. The van der Waals surface area contributed by atoms with Crippen molar-refractivity contribution in [2.75, 3.05) is 26.7 Å². The van der Waals surface area contributed by atoms with E-state index in [1.807, 2.05) is 11.9 Å². The fraction of sp³-hybridized carbons (Fsp3) is 0.923. The average molecular weight is 240 g/mol. The van der Waals surface area contributed by atoms with Crippen LogP contribution in [0.2, 0.25) is 0 Å². The summed E-state index contributed by atoms with van der Waals surface area (Å²) in [6.07, 6.45) is 6.41. The number of nitrogens with one attached hydrogen (secondary N) is 1. The first-order chi connectivity index (χ1) is 8.27. The molecule has 2 atom stereocenters. The molecule has 1 amide bonds. The van der Waals surface area contributed by atoms with Crippen LogP contribution in [0.1, 0.15) is 38.5 Å². The number of likely N-dealkylation sites (N-methyl/N-ethyl adjacent to an activating group) is 1. The van der Waals surface area contributed by atoms with Gasteiger partial charge in [-0.2, -0.15) is 0 Å². The Balaban J connectivity index is 1.77. The zero-order chi connectivity index (χ0) is 12.1. The van der Waals surface area contributed by atoms with Gasteiger partial charge < -0.3 is 15.0 Å². The Hall–Kier alpha value is -0.610. The number of hydrogen-bond acceptors (Lipinski definition) is 3. The zero-order valence-electron chi connectivity index (χ0n) is 10.8. The molecule has 2 aliphatic rings. The molecule has 1 N–H and O–H groups in total. The quantitative estimate of drug-likeness (QED) is 0.805. The van der Waals surface area contributed by atoms with E-state index < -0.39 is 0 Å². The van der Waals surface area contributed by atoms with Gasteiger partial charge in [-0.1, -0.05) is 0 Å². The predicted molar refractivity (Wildman–Crippen MR) is 66.9 cm³/mol. The summed E-state index contributed by atoms with van der Waals surface area (Å²) in [5, 5.41) is 3.35. The van der Waals surface area contributed by atoms with Gasteiger partial charge in [0, 0.05) is 26.2 Å². The van der Waals surface area contributed by atoms with Gasteiger partial charge in [-0.3, -0.25) is 4.79 Å². The Bertz CT molecular complexity index is 246. The molecule has 0 spiro atoms. The summed E-state index contributed by atoms with van der Waals surface area (Å²) in [6.45, 7) is 2.85. The summed E-state index contributed by atoms with van der Waals surface area (Å²) in [4.78, 5) is 14.0. The molecule has 2 unspecified atom stereocenters. The molecular formula is C13H24N2O2. The number of piperidine rings is 1. The van der Waals surface area contributed by atoms with E-state index in [1.165, 1.54) is 12.8 Å². The van der Waals surface area contributed by atoms with Crippen LogP contribution in [0, 0.1) is 0 Å². The molecule has 0 aromatic carbocycles. The van der Waals surface area contributed by atoms with Gasteiger partial charge in [0.15, 0.2) is 0 Å². The van der Waals surface area contributed by atoms with Crippen molar-refractivity contribution in [2.45, 2.75) is 50.7 Å². The van der Waals surface area contributed by atoms with Crippen LogP contribution in [0.25, 0.3) is 0 Å². The van der Waals surface area contributed by atoms with Gasteiger partial charge in [-0.05, 0) is 38.6 Å². The monoisotopic (exact) mass is 240 g/mol. The highest BCUT2D eigenvalue weighted by atomic mass is 16.5. The van der Waals surface area contributed by atoms with Crippen molar-refractivity contribution < 1.29 is 9.53 Å². The molecule has 0 aromatic rings. The molecule has 4 nitrogen and oxygen atoms in total. The van der Waals surface area contributed by atoms with Crippen LogP contribution in [-0.4, -0.2) is 49.7 Å². The number of nitrogens with zero attached hydrogens (tertiary/aromatic N) is 1. The van der Waals surface area contributed by atoms with Crippen LogP contribution < -0.4 is 5.32 Å². The molecule has 0 aliphatic carbocycles. The molecule has 2 rings (SSSR count). The third-order valence-corrected chi connectivity index (χ3v) is 3.89. The second kappa shape index (κ2) is 6.36. The molecule has 0 saturated carbocycles. The Kier molecular flexibility index (Phi) is 4.80. The van der Waals surface area contributed by atoms with Gasteiger partial charge in [-0.25, -0.2) is 0 Å². The zero-order valence-corrected chi connectivity index (χ0v) is 10.8. The van der Waals surface area contributed by atoms with Crippen LogP contribution >= 0.6 is 0 Å². The minimum atomic E-state index is 0.162. The molecule has 0 bridgehead atoms. The first kappa shape index (κ1) is 12.8. The molecule has 0 aromatic heterocycles. The molecule has 4 heteroatoms. The molecule has 2 heterocycles. The summed E-state index contributed by atoms with van der Waals surface area (Å²) in [6, 6.07) is 0.375. The number of hydrogen-bond donors (Lipinski definition) is 1. The van der Waals surface area contributed by atoms with E-state index in [0.29, 0.717) is 12.5 Å². The van der Waals surface area contributed by atoms with E-state index in [0.717, 1.165) is 39.0 Å². The number of rotatable bonds is 3. The summed E-state index contributed by atoms with van der Waals surface area (Å²) < 4.78 is 5.62. The van der Waals surface area contributed by atoms with Gasteiger partial charge in [-0.15, -0.1) is 0 Å². The summed E-state index contributed by atoms with van der Waals surface area (Å²) in [5.74, 6) is 0.241. The molecule has 2 aliphatic heterocycles. The maximum atomic E-state index is 12.1. The summed E-state index contributed by atoms with van der Waals surface area (Å²) in [7, 11) is 1.93. The Morgan fingerprint density at radius 3 is 2.88 bits per heavy atom.